The molecule has 0 spiro atoms. The van der Waals surface area contributed by atoms with Crippen molar-refractivity contribution < 1.29 is 19.8 Å². The molecule has 0 unspecified atom stereocenters. The fraction of sp³-hybridized carbons (Fsp3) is 0.308. The van der Waals surface area contributed by atoms with Crippen molar-refractivity contribution in [3.05, 3.63) is 34.9 Å². The van der Waals surface area contributed by atoms with Gasteiger partial charge in [-0.15, -0.1) is 0 Å². The number of aliphatic carboxylic acids is 2. The quantitative estimate of drug-likeness (QED) is 0.787. The van der Waals surface area contributed by atoms with Crippen LogP contribution < -0.4 is 0 Å². The molecule has 0 radical (unpaired) electrons. The summed E-state index contributed by atoms with van der Waals surface area (Å²) in [4.78, 5) is 22.7. The first-order valence-corrected chi connectivity index (χ1v) is 5.58. The monoisotopic (exact) mass is 262 g/mol. The van der Waals surface area contributed by atoms with Gasteiger partial charge in [0.15, 0.2) is 0 Å². The van der Waals surface area contributed by atoms with Crippen LogP contribution >= 0.6 is 0 Å². The Bertz CT molecular complexity index is 518. The molecule has 0 aliphatic carbocycles. The molecule has 6 nitrogen and oxygen atoms in total. The van der Waals surface area contributed by atoms with Crippen LogP contribution in [0.4, 0.5) is 0 Å². The molecule has 0 fully saturated rings. The summed E-state index contributed by atoms with van der Waals surface area (Å²) in [6, 6.07) is 7.04. The Labute approximate surface area is 110 Å². The van der Waals surface area contributed by atoms with Crippen LogP contribution in [0, 0.1) is 18.3 Å². The molecular formula is C13H14N2O4. The Morgan fingerprint density at radius 1 is 1.26 bits per heavy atom. The number of rotatable bonds is 6. The van der Waals surface area contributed by atoms with E-state index in [1.165, 1.54) is 4.90 Å². The first kappa shape index (κ1) is 14.7. The lowest BCUT2D eigenvalue weighted by atomic mass is 10.1. The molecule has 1 aromatic rings. The molecule has 0 bridgehead atoms. The fourth-order valence-electron chi connectivity index (χ4n) is 1.73. The summed E-state index contributed by atoms with van der Waals surface area (Å²) < 4.78 is 0. The van der Waals surface area contributed by atoms with Gasteiger partial charge in [-0.25, -0.2) is 0 Å². The van der Waals surface area contributed by atoms with Gasteiger partial charge < -0.3 is 10.2 Å². The highest BCUT2D eigenvalue weighted by Crippen LogP contribution is 2.13. The lowest BCUT2D eigenvalue weighted by Crippen LogP contribution is -2.34. The Morgan fingerprint density at radius 3 is 2.26 bits per heavy atom. The summed E-state index contributed by atoms with van der Waals surface area (Å²) in [6.45, 7) is 1.34. The number of nitrogens with zero attached hydrogens (tertiary/aromatic N) is 2. The number of carbonyl (C=O) groups is 2. The maximum atomic E-state index is 10.7. The van der Waals surface area contributed by atoms with Crippen molar-refractivity contribution in [2.24, 2.45) is 0 Å². The third-order valence-corrected chi connectivity index (χ3v) is 2.58. The van der Waals surface area contributed by atoms with Crippen molar-refractivity contribution in [2.45, 2.75) is 13.5 Å². The van der Waals surface area contributed by atoms with Gasteiger partial charge in [-0.05, 0) is 30.2 Å². The van der Waals surface area contributed by atoms with E-state index in [1.807, 2.05) is 6.07 Å². The van der Waals surface area contributed by atoms with Gasteiger partial charge >= 0.3 is 11.9 Å². The highest BCUT2D eigenvalue weighted by Gasteiger charge is 2.14. The Morgan fingerprint density at radius 2 is 1.84 bits per heavy atom. The number of benzene rings is 1. The van der Waals surface area contributed by atoms with Crippen LogP contribution in [0.25, 0.3) is 0 Å². The van der Waals surface area contributed by atoms with E-state index in [0.717, 1.165) is 11.1 Å². The van der Waals surface area contributed by atoms with Gasteiger partial charge in [0.2, 0.25) is 0 Å². The maximum absolute atomic E-state index is 10.7. The second-order valence-electron chi connectivity index (χ2n) is 4.19. The molecule has 19 heavy (non-hydrogen) atoms. The second kappa shape index (κ2) is 6.52. The third-order valence-electron chi connectivity index (χ3n) is 2.58. The minimum atomic E-state index is -1.08. The minimum absolute atomic E-state index is 0.218. The highest BCUT2D eigenvalue weighted by atomic mass is 16.4. The van der Waals surface area contributed by atoms with Gasteiger partial charge in [0.1, 0.15) is 0 Å². The van der Waals surface area contributed by atoms with Crippen LogP contribution in [0.15, 0.2) is 18.2 Å². The molecule has 0 saturated carbocycles. The fourth-order valence-corrected chi connectivity index (χ4v) is 1.73. The minimum Gasteiger partial charge on any atom is -0.480 e. The zero-order valence-corrected chi connectivity index (χ0v) is 10.5. The van der Waals surface area contributed by atoms with Crippen molar-refractivity contribution in [1.82, 2.24) is 4.90 Å². The van der Waals surface area contributed by atoms with Gasteiger partial charge in [0.25, 0.3) is 0 Å². The van der Waals surface area contributed by atoms with Crippen LogP contribution in [0.3, 0.4) is 0 Å². The Balaban J connectivity index is 2.86. The van der Waals surface area contributed by atoms with Crippen molar-refractivity contribution in [3.63, 3.8) is 0 Å². The van der Waals surface area contributed by atoms with E-state index in [9.17, 15) is 9.59 Å². The summed E-state index contributed by atoms with van der Waals surface area (Å²) in [5.74, 6) is -2.15. The molecule has 0 saturated heterocycles. The molecule has 0 aliphatic rings. The molecule has 0 heterocycles. The number of aryl methyl sites for hydroxylation is 1. The standard InChI is InChI=1S/C13H14N2O4/c1-9-4-10(5-14)2-3-11(9)6-15(7-12(16)17)8-13(18)19/h2-4H,6-8H2,1H3,(H,16,17)(H,18,19). The molecule has 2 N–H and O–H groups in total. The van der Waals surface area contributed by atoms with Crippen molar-refractivity contribution in [1.29, 1.82) is 5.26 Å². The second-order valence-corrected chi connectivity index (χ2v) is 4.19. The van der Waals surface area contributed by atoms with E-state index in [2.05, 4.69) is 0 Å². The van der Waals surface area contributed by atoms with E-state index in [0.29, 0.717) is 5.56 Å². The summed E-state index contributed by atoms with van der Waals surface area (Å²) >= 11 is 0. The van der Waals surface area contributed by atoms with Crippen molar-refractivity contribution >= 4 is 11.9 Å². The van der Waals surface area contributed by atoms with Gasteiger partial charge in [-0.3, -0.25) is 14.5 Å². The van der Waals surface area contributed by atoms with Crippen LogP contribution in [-0.4, -0.2) is 40.1 Å². The molecule has 1 aromatic carbocycles. The van der Waals surface area contributed by atoms with Crippen LogP contribution in [0.5, 0.6) is 0 Å². The van der Waals surface area contributed by atoms with Gasteiger partial charge in [-0.1, -0.05) is 6.07 Å². The van der Waals surface area contributed by atoms with Gasteiger partial charge in [0.05, 0.1) is 24.7 Å². The summed E-state index contributed by atoms with van der Waals surface area (Å²) in [6.07, 6.45) is 0. The number of hydrogen-bond acceptors (Lipinski definition) is 4. The van der Waals surface area contributed by atoms with Gasteiger partial charge in [-0.2, -0.15) is 5.26 Å². The number of nitriles is 1. The molecule has 1 rings (SSSR count). The summed E-state index contributed by atoms with van der Waals surface area (Å²) in [5.41, 5.74) is 2.16. The average molecular weight is 262 g/mol. The van der Waals surface area contributed by atoms with E-state index in [1.54, 1.807) is 25.1 Å². The SMILES string of the molecule is Cc1cc(C#N)ccc1CN(CC(=O)O)CC(=O)O. The largest absolute Gasteiger partial charge is 0.480 e. The molecule has 100 valence electrons. The van der Waals surface area contributed by atoms with Crippen LogP contribution in [0.1, 0.15) is 16.7 Å². The molecule has 0 atom stereocenters. The molecule has 6 heteroatoms. The van der Waals surface area contributed by atoms with Gasteiger partial charge in [0, 0.05) is 6.54 Å². The number of hydrogen-bond donors (Lipinski definition) is 2. The zero-order chi connectivity index (χ0) is 14.4. The third kappa shape index (κ3) is 4.77. The van der Waals surface area contributed by atoms with E-state index >= 15 is 0 Å². The normalized spacial score (nSPS) is 10.2. The van der Waals surface area contributed by atoms with Crippen LogP contribution in [-0.2, 0) is 16.1 Å². The average Bonchev–Trinajstić information content (AvgIpc) is 2.30. The lowest BCUT2D eigenvalue weighted by molar-refractivity contribution is -0.142. The molecule has 0 amide bonds. The maximum Gasteiger partial charge on any atom is 0.317 e. The Kier molecular flexibility index (Phi) is 5.03. The van der Waals surface area contributed by atoms with Crippen molar-refractivity contribution in [2.75, 3.05) is 13.1 Å². The van der Waals surface area contributed by atoms with E-state index < -0.39 is 11.9 Å². The zero-order valence-electron chi connectivity index (χ0n) is 10.5. The van der Waals surface area contributed by atoms with E-state index in [4.69, 9.17) is 15.5 Å². The molecule has 0 aliphatic heterocycles. The van der Waals surface area contributed by atoms with Crippen LogP contribution in [0.2, 0.25) is 0 Å². The first-order valence-electron chi connectivity index (χ1n) is 5.58. The summed E-state index contributed by atoms with van der Waals surface area (Å²) in [5, 5.41) is 26.3. The first-order chi connectivity index (χ1) is 8.92. The molecule has 0 aromatic heterocycles. The number of carboxylic acid groups (broad SMARTS) is 2. The molecular weight excluding hydrogens is 248 g/mol. The van der Waals surface area contributed by atoms with Crippen molar-refractivity contribution in [3.8, 4) is 6.07 Å². The predicted molar refractivity (Wildman–Crippen MR) is 66.4 cm³/mol. The lowest BCUT2D eigenvalue weighted by Gasteiger charge is -2.19. The smallest absolute Gasteiger partial charge is 0.317 e. The number of carboxylic acids is 2. The summed E-state index contributed by atoms with van der Waals surface area (Å²) in [7, 11) is 0. The highest BCUT2D eigenvalue weighted by molar-refractivity contribution is 5.72. The topological polar surface area (TPSA) is 102 Å². The Hall–Kier alpha value is -2.39. The van der Waals surface area contributed by atoms with E-state index in [-0.39, 0.29) is 19.6 Å². The predicted octanol–water partition coefficient (Wildman–Crippen LogP) is 0.838.